The number of phosphoric acid groups is 2. The molecular formula is C28H52O17P2. The average molecular weight is 723 g/mol. The number of unbranched alkanes of at least 4 members (excludes halogenated alkanes) is 4. The van der Waals surface area contributed by atoms with Gasteiger partial charge in [0.15, 0.2) is 12.2 Å². The lowest BCUT2D eigenvalue weighted by molar-refractivity contribution is -0.161. The van der Waals surface area contributed by atoms with Crippen LogP contribution in [0.15, 0.2) is 0 Å². The van der Waals surface area contributed by atoms with E-state index in [0.29, 0.717) is 19.3 Å². The van der Waals surface area contributed by atoms with Crippen LogP contribution >= 0.6 is 15.6 Å². The van der Waals surface area contributed by atoms with Gasteiger partial charge in [-0.15, -0.1) is 0 Å². The van der Waals surface area contributed by atoms with E-state index in [1.807, 2.05) is 20.8 Å². The van der Waals surface area contributed by atoms with Crippen molar-refractivity contribution in [3.05, 3.63) is 0 Å². The summed E-state index contributed by atoms with van der Waals surface area (Å²) in [6.07, 6.45) is 1.10. The summed E-state index contributed by atoms with van der Waals surface area (Å²) in [5.41, 5.74) is 0. The Kier molecular flexibility index (Phi) is 24.9. The van der Waals surface area contributed by atoms with Crippen molar-refractivity contribution in [1.29, 1.82) is 0 Å². The number of hydrogen-bond donors (Lipinski definition) is 3. The molecule has 5 atom stereocenters. The second kappa shape index (κ2) is 26.0. The molecule has 0 rings (SSSR count). The Morgan fingerprint density at radius 3 is 1.32 bits per heavy atom. The Morgan fingerprint density at radius 2 is 0.915 bits per heavy atom. The Bertz CT molecular complexity index is 1010. The van der Waals surface area contributed by atoms with Gasteiger partial charge in [-0.05, 0) is 19.3 Å². The van der Waals surface area contributed by atoms with Crippen LogP contribution in [-0.4, -0.2) is 96.7 Å². The summed E-state index contributed by atoms with van der Waals surface area (Å²) in [5, 5.41) is 10.1. The van der Waals surface area contributed by atoms with Gasteiger partial charge in [0.2, 0.25) is 0 Å². The molecule has 0 saturated heterocycles. The van der Waals surface area contributed by atoms with E-state index in [9.17, 15) is 43.2 Å². The minimum absolute atomic E-state index is 0.0183. The molecule has 0 amide bonds. The number of aliphatic hydroxyl groups excluding tert-OH is 1. The fourth-order valence-electron chi connectivity index (χ4n) is 3.26. The lowest BCUT2D eigenvalue weighted by Crippen LogP contribution is -2.30. The summed E-state index contributed by atoms with van der Waals surface area (Å²) in [5.74, 6) is -2.38. The number of ether oxygens (including phenoxy) is 4. The molecule has 19 heteroatoms. The minimum atomic E-state index is -4.86. The van der Waals surface area contributed by atoms with Gasteiger partial charge in [-0.1, -0.05) is 53.4 Å². The number of esters is 4. The molecule has 0 aliphatic rings. The molecule has 3 N–H and O–H groups in total. The highest BCUT2D eigenvalue weighted by Gasteiger charge is 2.30. The van der Waals surface area contributed by atoms with Crippen molar-refractivity contribution >= 4 is 39.5 Å². The second-order valence-corrected chi connectivity index (χ2v) is 13.3. The van der Waals surface area contributed by atoms with Crippen LogP contribution in [0.1, 0.15) is 98.3 Å². The molecule has 0 bridgehead atoms. The molecular weight excluding hydrogens is 670 g/mol. The number of aliphatic hydroxyl groups is 1. The minimum Gasteiger partial charge on any atom is -0.462 e. The van der Waals surface area contributed by atoms with E-state index in [2.05, 4.69) is 4.52 Å². The highest BCUT2D eigenvalue weighted by molar-refractivity contribution is 7.47. The van der Waals surface area contributed by atoms with Crippen molar-refractivity contribution in [1.82, 2.24) is 0 Å². The van der Waals surface area contributed by atoms with E-state index < -0.39 is 97.5 Å². The molecule has 0 aliphatic heterocycles. The number of phosphoric ester groups is 2. The Balaban J connectivity index is 4.88. The first-order valence-corrected chi connectivity index (χ1v) is 18.8. The topological polar surface area (TPSA) is 237 Å². The molecule has 0 aromatic heterocycles. The zero-order chi connectivity index (χ0) is 35.7. The predicted octanol–water partition coefficient (Wildman–Crippen LogP) is 3.90. The zero-order valence-electron chi connectivity index (χ0n) is 27.7. The molecule has 0 spiro atoms. The van der Waals surface area contributed by atoms with E-state index >= 15 is 0 Å². The van der Waals surface area contributed by atoms with Crippen LogP contribution in [0.25, 0.3) is 0 Å². The Labute approximate surface area is 276 Å². The van der Waals surface area contributed by atoms with Crippen molar-refractivity contribution in [2.75, 3.05) is 39.6 Å². The monoisotopic (exact) mass is 722 g/mol. The number of rotatable bonds is 29. The van der Waals surface area contributed by atoms with Gasteiger partial charge in [0.25, 0.3) is 0 Å². The van der Waals surface area contributed by atoms with E-state index in [-0.39, 0.29) is 25.7 Å². The molecule has 17 nitrogen and oxygen atoms in total. The van der Waals surface area contributed by atoms with E-state index in [0.717, 1.165) is 25.7 Å². The van der Waals surface area contributed by atoms with Crippen molar-refractivity contribution in [3.63, 3.8) is 0 Å². The standard InChI is InChI=1S/C28H52O17P2/c1-5-9-12-15-28(33)45-24(19-39-27(32)14-11-7-3)21-43-47(36,37)41-17-22(29)16-40-46(34,35)42-20-23(44-25(30)8-4)18-38-26(31)13-10-6-2/h22-24,29H,5-21H2,1-4H3,(H,34,35)(H,36,37)/t22-,23-,24-/m1/s1. The fourth-order valence-corrected chi connectivity index (χ4v) is 4.84. The summed E-state index contributed by atoms with van der Waals surface area (Å²) in [6.45, 7) is 3.22. The van der Waals surface area contributed by atoms with Gasteiger partial charge in [-0.25, -0.2) is 9.13 Å². The van der Waals surface area contributed by atoms with Gasteiger partial charge >= 0.3 is 39.5 Å². The smallest absolute Gasteiger partial charge is 0.462 e. The lowest BCUT2D eigenvalue weighted by atomic mass is 10.2. The molecule has 0 aliphatic carbocycles. The van der Waals surface area contributed by atoms with Gasteiger partial charge in [-0.3, -0.25) is 37.3 Å². The molecule has 0 radical (unpaired) electrons. The molecule has 0 saturated carbocycles. The highest BCUT2D eigenvalue weighted by atomic mass is 31.2. The van der Waals surface area contributed by atoms with E-state index in [1.165, 1.54) is 6.92 Å². The van der Waals surface area contributed by atoms with Crippen LogP contribution in [0.3, 0.4) is 0 Å². The third kappa shape index (κ3) is 25.7. The van der Waals surface area contributed by atoms with Crippen LogP contribution in [0.2, 0.25) is 0 Å². The van der Waals surface area contributed by atoms with Crippen LogP contribution in [0, 0.1) is 0 Å². The van der Waals surface area contributed by atoms with Crippen LogP contribution in [0.4, 0.5) is 0 Å². The summed E-state index contributed by atoms with van der Waals surface area (Å²) >= 11 is 0. The third-order valence-corrected chi connectivity index (χ3v) is 7.81. The maximum atomic E-state index is 12.4. The predicted molar refractivity (Wildman–Crippen MR) is 165 cm³/mol. The zero-order valence-corrected chi connectivity index (χ0v) is 29.5. The van der Waals surface area contributed by atoms with Crippen LogP contribution < -0.4 is 0 Å². The van der Waals surface area contributed by atoms with Gasteiger partial charge in [-0.2, -0.15) is 0 Å². The molecule has 0 fully saturated rings. The van der Waals surface area contributed by atoms with Crippen molar-refractivity contribution in [2.24, 2.45) is 0 Å². The van der Waals surface area contributed by atoms with E-state index in [1.54, 1.807) is 0 Å². The Morgan fingerprint density at radius 1 is 0.532 bits per heavy atom. The lowest BCUT2D eigenvalue weighted by Gasteiger charge is -2.21. The quantitative estimate of drug-likeness (QED) is 0.0429. The summed E-state index contributed by atoms with van der Waals surface area (Å²) in [7, 11) is -9.72. The number of hydrogen-bond acceptors (Lipinski definition) is 15. The second-order valence-electron chi connectivity index (χ2n) is 10.4. The summed E-state index contributed by atoms with van der Waals surface area (Å²) in [4.78, 5) is 67.4. The summed E-state index contributed by atoms with van der Waals surface area (Å²) in [6, 6.07) is 0. The van der Waals surface area contributed by atoms with Gasteiger partial charge in [0.05, 0.1) is 26.4 Å². The molecule has 276 valence electrons. The first-order valence-electron chi connectivity index (χ1n) is 15.8. The maximum absolute atomic E-state index is 12.4. The van der Waals surface area contributed by atoms with Gasteiger partial charge in [0.1, 0.15) is 19.3 Å². The van der Waals surface area contributed by atoms with Crippen LogP contribution in [0.5, 0.6) is 0 Å². The third-order valence-electron chi connectivity index (χ3n) is 5.91. The first kappa shape index (κ1) is 45.1. The van der Waals surface area contributed by atoms with Gasteiger partial charge in [0, 0.05) is 25.7 Å². The van der Waals surface area contributed by atoms with Crippen molar-refractivity contribution in [3.8, 4) is 0 Å². The van der Waals surface area contributed by atoms with Crippen molar-refractivity contribution < 1.29 is 80.2 Å². The number of carbonyl (C=O) groups is 4. The maximum Gasteiger partial charge on any atom is 0.472 e. The first-order chi connectivity index (χ1) is 22.2. The molecule has 2 unspecified atom stereocenters. The molecule has 0 aromatic rings. The summed E-state index contributed by atoms with van der Waals surface area (Å²) < 4.78 is 64.1. The van der Waals surface area contributed by atoms with E-state index in [4.69, 9.17) is 32.5 Å². The van der Waals surface area contributed by atoms with Gasteiger partial charge < -0.3 is 33.8 Å². The average Bonchev–Trinajstić information content (AvgIpc) is 3.03. The Hall–Kier alpha value is -1.94. The molecule has 0 heterocycles. The molecule has 0 aromatic carbocycles. The van der Waals surface area contributed by atoms with Crippen LogP contribution in [-0.2, 0) is 65.4 Å². The highest BCUT2D eigenvalue weighted by Crippen LogP contribution is 2.45. The largest absolute Gasteiger partial charge is 0.472 e. The SMILES string of the molecule is CCCCCC(=O)O[C@H](COC(=O)CCCC)COP(=O)(O)OC[C@H](O)COP(=O)(O)OC[C@@H](COC(=O)CCCC)OC(=O)CC. The molecule has 47 heavy (non-hydrogen) atoms. The normalized spacial score (nSPS) is 15.8. The fraction of sp³-hybridized carbons (Fsp3) is 0.857. The number of carbonyl (C=O) groups excluding carboxylic acids is 4. The van der Waals surface area contributed by atoms with Crippen molar-refractivity contribution in [2.45, 2.75) is 117 Å².